The number of rotatable bonds is 3. The standard InChI is InChI=1S/C9H13N3O2/c13-9(8-3-5-14-12-8)11-6-7-2-1-4-10-7/h3,5,7,10H,1-2,4,6H2,(H,11,13). The van der Waals surface area contributed by atoms with E-state index in [1.165, 1.54) is 12.7 Å². The lowest BCUT2D eigenvalue weighted by molar-refractivity contribution is 0.0941. The third kappa shape index (κ3) is 2.11. The van der Waals surface area contributed by atoms with Crippen LogP contribution in [0.1, 0.15) is 23.3 Å². The maximum atomic E-state index is 11.4. The predicted octanol–water partition coefficient (Wildman–Crippen LogP) is 0.156. The Morgan fingerprint density at radius 2 is 2.71 bits per heavy atom. The first-order valence-corrected chi connectivity index (χ1v) is 4.78. The van der Waals surface area contributed by atoms with Crippen LogP contribution in [0.25, 0.3) is 0 Å². The molecule has 0 saturated carbocycles. The Kier molecular flexibility index (Phi) is 2.78. The molecule has 1 atom stereocenters. The van der Waals surface area contributed by atoms with Crippen LogP contribution >= 0.6 is 0 Å². The Hall–Kier alpha value is -1.36. The molecule has 0 radical (unpaired) electrons. The number of aromatic nitrogens is 1. The predicted molar refractivity (Wildman–Crippen MR) is 49.9 cm³/mol. The van der Waals surface area contributed by atoms with Crippen molar-refractivity contribution >= 4 is 5.91 Å². The molecule has 1 aromatic heterocycles. The summed E-state index contributed by atoms with van der Waals surface area (Å²) in [6.07, 6.45) is 3.70. The van der Waals surface area contributed by atoms with Gasteiger partial charge in [0, 0.05) is 18.7 Å². The molecule has 1 aliphatic heterocycles. The third-order valence-corrected chi connectivity index (χ3v) is 2.34. The fraction of sp³-hybridized carbons (Fsp3) is 0.556. The Morgan fingerprint density at radius 1 is 1.79 bits per heavy atom. The zero-order chi connectivity index (χ0) is 9.80. The number of nitrogens with one attached hydrogen (secondary N) is 2. The molecule has 2 rings (SSSR count). The number of carbonyl (C=O) groups is 1. The van der Waals surface area contributed by atoms with Gasteiger partial charge in [-0.15, -0.1) is 0 Å². The van der Waals surface area contributed by atoms with Crippen molar-refractivity contribution in [2.75, 3.05) is 13.1 Å². The molecule has 0 aliphatic carbocycles. The van der Waals surface area contributed by atoms with Gasteiger partial charge in [-0.3, -0.25) is 4.79 Å². The summed E-state index contributed by atoms with van der Waals surface area (Å²) in [7, 11) is 0. The highest BCUT2D eigenvalue weighted by atomic mass is 16.5. The summed E-state index contributed by atoms with van der Waals surface area (Å²) in [6, 6.07) is 1.96. The topological polar surface area (TPSA) is 67.2 Å². The van der Waals surface area contributed by atoms with Gasteiger partial charge >= 0.3 is 0 Å². The molecule has 0 spiro atoms. The Morgan fingerprint density at radius 3 is 3.36 bits per heavy atom. The average Bonchev–Trinajstić information content (AvgIpc) is 2.87. The first-order chi connectivity index (χ1) is 6.86. The molecule has 2 heterocycles. The first-order valence-electron chi connectivity index (χ1n) is 4.78. The summed E-state index contributed by atoms with van der Waals surface area (Å²) in [5.41, 5.74) is 0.336. The Bertz CT molecular complexity index is 291. The van der Waals surface area contributed by atoms with E-state index in [4.69, 9.17) is 0 Å². The highest BCUT2D eigenvalue weighted by molar-refractivity contribution is 5.91. The molecule has 2 N–H and O–H groups in total. The maximum absolute atomic E-state index is 11.4. The highest BCUT2D eigenvalue weighted by Gasteiger charge is 2.15. The highest BCUT2D eigenvalue weighted by Crippen LogP contribution is 2.03. The Balaban J connectivity index is 1.78. The van der Waals surface area contributed by atoms with Crippen LogP contribution in [0, 0.1) is 0 Å². The van der Waals surface area contributed by atoms with Gasteiger partial charge in [0.15, 0.2) is 5.69 Å². The van der Waals surface area contributed by atoms with Crippen molar-refractivity contribution < 1.29 is 9.32 Å². The van der Waals surface area contributed by atoms with E-state index in [1.54, 1.807) is 6.07 Å². The molecule has 1 fully saturated rings. The van der Waals surface area contributed by atoms with Crippen molar-refractivity contribution in [2.45, 2.75) is 18.9 Å². The van der Waals surface area contributed by atoms with Crippen molar-refractivity contribution in [3.8, 4) is 0 Å². The minimum absolute atomic E-state index is 0.174. The molecule has 0 bridgehead atoms. The van der Waals surface area contributed by atoms with Crippen LogP contribution in [0.2, 0.25) is 0 Å². The van der Waals surface area contributed by atoms with Crippen LogP contribution < -0.4 is 10.6 Å². The molecule has 1 saturated heterocycles. The molecular formula is C9H13N3O2. The number of hydrogen-bond acceptors (Lipinski definition) is 4. The number of hydrogen-bond donors (Lipinski definition) is 2. The van der Waals surface area contributed by atoms with Crippen LogP contribution in [0.5, 0.6) is 0 Å². The molecule has 76 valence electrons. The fourth-order valence-corrected chi connectivity index (χ4v) is 1.57. The largest absolute Gasteiger partial charge is 0.364 e. The normalized spacial score (nSPS) is 21.0. The van der Waals surface area contributed by atoms with Gasteiger partial charge in [0.25, 0.3) is 5.91 Å². The van der Waals surface area contributed by atoms with E-state index >= 15 is 0 Å². The lowest BCUT2D eigenvalue weighted by atomic mass is 10.2. The number of nitrogens with zero attached hydrogens (tertiary/aromatic N) is 1. The zero-order valence-corrected chi connectivity index (χ0v) is 7.82. The van der Waals surface area contributed by atoms with Crippen molar-refractivity contribution in [1.82, 2.24) is 15.8 Å². The minimum atomic E-state index is -0.174. The molecule has 1 unspecified atom stereocenters. The van der Waals surface area contributed by atoms with E-state index in [9.17, 15) is 4.79 Å². The summed E-state index contributed by atoms with van der Waals surface area (Å²) < 4.78 is 4.58. The SMILES string of the molecule is O=C(NCC1CCCN1)c1ccon1. The van der Waals surface area contributed by atoms with Gasteiger partial charge < -0.3 is 15.2 Å². The van der Waals surface area contributed by atoms with Crippen LogP contribution in [-0.2, 0) is 0 Å². The van der Waals surface area contributed by atoms with Gasteiger partial charge in [0.2, 0.25) is 0 Å². The molecule has 5 nitrogen and oxygen atoms in total. The van der Waals surface area contributed by atoms with E-state index in [-0.39, 0.29) is 5.91 Å². The second-order valence-corrected chi connectivity index (χ2v) is 3.39. The van der Waals surface area contributed by atoms with Crippen LogP contribution in [0.15, 0.2) is 16.9 Å². The van der Waals surface area contributed by atoms with Crippen molar-refractivity contribution in [3.63, 3.8) is 0 Å². The first kappa shape index (κ1) is 9.21. The average molecular weight is 195 g/mol. The summed E-state index contributed by atoms with van der Waals surface area (Å²) in [4.78, 5) is 11.4. The van der Waals surface area contributed by atoms with E-state index in [2.05, 4.69) is 20.3 Å². The van der Waals surface area contributed by atoms with Gasteiger partial charge in [-0.1, -0.05) is 5.16 Å². The van der Waals surface area contributed by atoms with Gasteiger partial charge in [0.05, 0.1) is 0 Å². The monoisotopic (exact) mass is 195 g/mol. The minimum Gasteiger partial charge on any atom is -0.364 e. The van der Waals surface area contributed by atoms with Crippen LogP contribution in [0.3, 0.4) is 0 Å². The van der Waals surface area contributed by atoms with Gasteiger partial charge in [0.1, 0.15) is 6.26 Å². The summed E-state index contributed by atoms with van der Waals surface area (Å²) in [5.74, 6) is -0.174. The van der Waals surface area contributed by atoms with E-state index in [0.29, 0.717) is 18.3 Å². The van der Waals surface area contributed by atoms with Crippen molar-refractivity contribution in [1.29, 1.82) is 0 Å². The number of carbonyl (C=O) groups excluding carboxylic acids is 1. The van der Waals surface area contributed by atoms with E-state index in [0.717, 1.165) is 13.0 Å². The third-order valence-electron chi connectivity index (χ3n) is 2.34. The van der Waals surface area contributed by atoms with Crippen LogP contribution in [0.4, 0.5) is 0 Å². The van der Waals surface area contributed by atoms with Gasteiger partial charge in [-0.05, 0) is 19.4 Å². The fourth-order valence-electron chi connectivity index (χ4n) is 1.57. The van der Waals surface area contributed by atoms with E-state index < -0.39 is 0 Å². The summed E-state index contributed by atoms with van der Waals surface area (Å²) in [6.45, 7) is 1.70. The lowest BCUT2D eigenvalue weighted by Crippen LogP contribution is -2.37. The molecule has 1 amide bonds. The van der Waals surface area contributed by atoms with Gasteiger partial charge in [-0.25, -0.2) is 0 Å². The Labute approximate surface area is 81.8 Å². The smallest absolute Gasteiger partial charge is 0.273 e. The van der Waals surface area contributed by atoms with Crippen LogP contribution in [-0.4, -0.2) is 30.2 Å². The second kappa shape index (κ2) is 4.23. The summed E-state index contributed by atoms with van der Waals surface area (Å²) in [5, 5.41) is 9.66. The summed E-state index contributed by atoms with van der Waals surface area (Å²) >= 11 is 0. The molecule has 1 aliphatic rings. The molecule has 0 aromatic carbocycles. The lowest BCUT2D eigenvalue weighted by Gasteiger charge is -2.09. The van der Waals surface area contributed by atoms with Crippen molar-refractivity contribution in [2.24, 2.45) is 0 Å². The zero-order valence-electron chi connectivity index (χ0n) is 7.82. The maximum Gasteiger partial charge on any atom is 0.273 e. The number of amides is 1. The molecule has 5 heteroatoms. The van der Waals surface area contributed by atoms with E-state index in [1.807, 2.05) is 0 Å². The van der Waals surface area contributed by atoms with Crippen molar-refractivity contribution in [3.05, 3.63) is 18.0 Å². The second-order valence-electron chi connectivity index (χ2n) is 3.39. The molecular weight excluding hydrogens is 182 g/mol. The molecule has 1 aromatic rings. The van der Waals surface area contributed by atoms with Gasteiger partial charge in [-0.2, -0.15) is 0 Å². The quantitative estimate of drug-likeness (QED) is 0.720. The molecule has 14 heavy (non-hydrogen) atoms.